The van der Waals surface area contributed by atoms with E-state index in [1.165, 1.54) is 4.90 Å². The number of hydrogen-bond acceptors (Lipinski definition) is 4. The van der Waals surface area contributed by atoms with Gasteiger partial charge in [-0.15, -0.1) is 0 Å². The van der Waals surface area contributed by atoms with Gasteiger partial charge in [-0.25, -0.2) is 4.90 Å². The van der Waals surface area contributed by atoms with Crippen molar-refractivity contribution in [1.82, 2.24) is 5.06 Å². The van der Waals surface area contributed by atoms with Crippen LogP contribution in [0.5, 0.6) is 0 Å². The lowest BCUT2D eigenvalue weighted by Crippen LogP contribution is -2.37. The minimum Gasteiger partial charge on any atom is -0.284 e. The van der Waals surface area contributed by atoms with Crippen LogP contribution in [-0.4, -0.2) is 23.0 Å². The summed E-state index contributed by atoms with van der Waals surface area (Å²) in [6.45, 7) is 0.499. The fraction of sp³-hybridized carbons (Fsp3) is 0.167. The molecule has 3 atom stereocenters. The molecule has 2 saturated heterocycles. The van der Waals surface area contributed by atoms with Gasteiger partial charge in [0.2, 0.25) is 5.91 Å². The Hall–Kier alpha value is -3.28. The van der Waals surface area contributed by atoms with Crippen LogP contribution in [0.1, 0.15) is 17.2 Å². The number of benzene rings is 3. The zero-order valence-corrected chi connectivity index (χ0v) is 15.7. The highest BCUT2D eigenvalue weighted by Crippen LogP contribution is 2.46. The summed E-state index contributed by atoms with van der Waals surface area (Å²) in [4.78, 5) is 33.9. The number of hydroxylamine groups is 2. The molecule has 0 saturated carbocycles. The van der Waals surface area contributed by atoms with Gasteiger partial charge in [0, 0.05) is 6.54 Å². The van der Waals surface area contributed by atoms with E-state index in [2.05, 4.69) is 0 Å². The molecule has 0 radical (unpaired) electrons. The number of fused-ring (bicyclic) bond motifs is 1. The van der Waals surface area contributed by atoms with Gasteiger partial charge in [-0.3, -0.25) is 14.4 Å². The number of carbonyl (C=O) groups is 2. The van der Waals surface area contributed by atoms with Crippen molar-refractivity contribution in [1.29, 1.82) is 0 Å². The first kappa shape index (κ1) is 17.8. The van der Waals surface area contributed by atoms with Crippen molar-refractivity contribution < 1.29 is 14.4 Å². The Morgan fingerprint density at radius 2 is 1.31 bits per heavy atom. The van der Waals surface area contributed by atoms with Crippen LogP contribution >= 0.6 is 0 Å². The lowest BCUT2D eigenvalue weighted by atomic mass is 9.90. The Morgan fingerprint density at radius 1 is 0.724 bits per heavy atom. The molecular weight excluding hydrogens is 364 g/mol. The summed E-state index contributed by atoms with van der Waals surface area (Å²) < 4.78 is 0. The van der Waals surface area contributed by atoms with Crippen LogP contribution < -0.4 is 4.90 Å². The molecule has 144 valence electrons. The highest BCUT2D eigenvalue weighted by molar-refractivity contribution is 6.23. The summed E-state index contributed by atoms with van der Waals surface area (Å²) in [6, 6.07) is 28.4. The van der Waals surface area contributed by atoms with Gasteiger partial charge < -0.3 is 0 Å². The molecule has 2 aliphatic heterocycles. The molecule has 5 heteroatoms. The lowest BCUT2D eigenvalue weighted by molar-refractivity contribution is -0.177. The summed E-state index contributed by atoms with van der Waals surface area (Å²) in [5, 5.41) is 1.79. The van der Waals surface area contributed by atoms with E-state index in [1.54, 1.807) is 17.2 Å². The maximum atomic E-state index is 13.4. The summed E-state index contributed by atoms with van der Waals surface area (Å²) in [5.74, 6) is -1.09. The van der Waals surface area contributed by atoms with E-state index in [-0.39, 0.29) is 17.9 Å². The van der Waals surface area contributed by atoms with Crippen LogP contribution in [0.2, 0.25) is 0 Å². The monoisotopic (exact) mass is 384 g/mol. The highest BCUT2D eigenvalue weighted by Gasteiger charge is 2.59. The molecule has 0 bridgehead atoms. The molecule has 2 fully saturated rings. The van der Waals surface area contributed by atoms with E-state index in [9.17, 15) is 9.59 Å². The van der Waals surface area contributed by atoms with Gasteiger partial charge in [0.25, 0.3) is 5.91 Å². The third kappa shape index (κ3) is 3.05. The molecule has 0 unspecified atom stereocenters. The normalized spacial score (nSPS) is 24.1. The molecule has 29 heavy (non-hydrogen) atoms. The summed E-state index contributed by atoms with van der Waals surface area (Å²) in [6.07, 6.45) is -0.809. The quantitative estimate of drug-likeness (QED) is 0.643. The number of rotatable bonds is 4. The Labute approximate surface area is 169 Å². The van der Waals surface area contributed by atoms with Gasteiger partial charge in [-0.05, 0) is 23.3 Å². The summed E-state index contributed by atoms with van der Waals surface area (Å²) in [5.41, 5.74) is 2.61. The van der Waals surface area contributed by atoms with Gasteiger partial charge in [-0.2, -0.15) is 5.06 Å². The fourth-order valence-electron chi connectivity index (χ4n) is 4.22. The first-order chi connectivity index (χ1) is 14.2. The molecule has 2 aliphatic rings. The van der Waals surface area contributed by atoms with Crippen LogP contribution in [0.4, 0.5) is 5.69 Å². The smallest absolute Gasteiger partial charge is 0.265 e. The number of anilines is 1. The minimum atomic E-state index is -0.809. The largest absolute Gasteiger partial charge is 0.284 e. The number of hydrogen-bond donors (Lipinski definition) is 0. The molecule has 0 aliphatic carbocycles. The van der Waals surface area contributed by atoms with Crippen LogP contribution in [0.3, 0.4) is 0 Å². The van der Waals surface area contributed by atoms with Gasteiger partial charge in [-0.1, -0.05) is 78.9 Å². The molecule has 5 rings (SSSR count). The predicted octanol–water partition coefficient (Wildman–Crippen LogP) is 3.73. The zero-order valence-electron chi connectivity index (χ0n) is 15.7. The van der Waals surface area contributed by atoms with Gasteiger partial charge in [0.15, 0.2) is 6.10 Å². The van der Waals surface area contributed by atoms with Crippen molar-refractivity contribution in [2.75, 3.05) is 4.90 Å². The Kier molecular flexibility index (Phi) is 4.46. The van der Waals surface area contributed by atoms with Crippen molar-refractivity contribution in [3.05, 3.63) is 102 Å². The Bertz CT molecular complexity index is 1020. The van der Waals surface area contributed by atoms with Crippen molar-refractivity contribution in [3.8, 4) is 0 Å². The second-order valence-corrected chi connectivity index (χ2v) is 7.32. The predicted molar refractivity (Wildman–Crippen MR) is 108 cm³/mol. The second-order valence-electron chi connectivity index (χ2n) is 7.32. The van der Waals surface area contributed by atoms with Gasteiger partial charge in [0.05, 0.1) is 17.6 Å². The maximum absolute atomic E-state index is 13.4. The molecule has 0 N–H and O–H groups in total. The third-order valence-corrected chi connectivity index (χ3v) is 5.53. The van der Waals surface area contributed by atoms with Crippen LogP contribution in [-0.2, 0) is 21.0 Å². The molecular formula is C24H20N2O3. The number of carbonyl (C=O) groups excluding carboxylic acids is 2. The van der Waals surface area contributed by atoms with E-state index in [4.69, 9.17) is 4.84 Å². The molecule has 2 amide bonds. The first-order valence-corrected chi connectivity index (χ1v) is 9.69. The number of nitrogens with zero attached hydrogens (tertiary/aromatic N) is 2. The minimum absolute atomic E-state index is 0.212. The van der Waals surface area contributed by atoms with Crippen molar-refractivity contribution >= 4 is 17.5 Å². The van der Waals surface area contributed by atoms with E-state index in [0.717, 1.165) is 11.1 Å². The van der Waals surface area contributed by atoms with Crippen LogP contribution in [0.25, 0.3) is 0 Å². The number of imide groups is 1. The molecule has 3 aromatic rings. The third-order valence-electron chi connectivity index (χ3n) is 5.53. The van der Waals surface area contributed by atoms with Gasteiger partial charge in [0.1, 0.15) is 0 Å². The summed E-state index contributed by atoms with van der Waals surface area (Å²) in [7, 11) is 0. The van der Waals surface area contributed by atoms with E-state index >= 15 is 0 Å². The highest BCUT2D eigenvalue weighted by atomic mass is 16.7. The molecule has 0 aromatic heterocycles. The second kappa shape index (κ2) is 7.28. The van der Waals surface area contributed by atoms with Crippen LogP contribution in [0.15, 0.2) is 91.0 Å². The topological polar surface area (TPSA) is 49.9 Å². The maximum Gasteiger partial charge on any atom is 0.265 e. The van der Waals surface area contributed by atoms with E-state index in [1.807, 2.05) is 78.9 Å². The SMILES string of the molecule is O=C1[C@H]2[C@H](ON(Cc3ccccc3)[C@H]2c2ccccc2)C(=O)N1c1ccccc1. The van der Waals surface area contributed by atoms with E-state index < -0.39 is 12.0 Å². The standard InChI is InChI=1S/C24H20N2O3/c27-23-20-21(18-12-6-2-7-13-18)25(16-17-10-4-1-5-11-17)29-22(20)24(28)26(23)19-14-8-3-9-15-19/h1-15,20-22H,16H2/t20-,21+,22+/m1/s1. The zero-order chi connectivity index (χ0) is 19.8. The average molecular weight is 384 g/mol. The molecule has 5 nitrogen and oxygen atoms in total. The van der Waals surface area contributed by atoms with Crippen molar-refractivity contribution in [3.63, 3.8) is 0 Å². The van der Waals surface area contributed by atoms with E-state index in [0.29, 0.717) is 12.2 Å². The molecule has 0 spiro atoms. The van der Waals surface area contributed by atoms with Gasteiger partial charge >= 0.3 is 0 Å². The first-order valence-electron chi connectivity index (χ1n) is 9.69. The van der Waals surface area contributed by atoms with Crippen molar-refractivity contribution in [2.24, 2.45) is 5.92 Å². The Morgan fingerprint density at radius 3 is 1.97 bits per heavy atom. The van der Waals surface area contributed by atoms with Crippen LogP contribution in [0, 0.1) is 5.92 Å². The average Bonchev–Trinajstić information content (AvgIpc) is 3.25. The summed E-state index contributed by atoms with van der Waals surface area (Å²) >= 11 is 0. The molecule has 3 aromatic carbocycles. The van der Waals surface area contributed by atoms with Crippen molar-refractivity contribution in [2.45, 2.75) is 18.7 Å². The fourth-order valence-corrected chi connectivity index (χ4v) is 4.22. The number of para-hydroxylation sites is 1. The molecule has 2 heterocycles. The number of amides is 2. The lowest BCUT2D eigenvalue weighted by Gasteiger charge is -2.27. The Balaban J connectivity index is 1.52.